The van der Waals surface area contributed by atoms with Crippen LogP contribution < -0.4 is 9.47 Å². The van der Waals surface area contributed by atoms with Crippen molar-refractivity contribution in [3.05, 3.63) is 78.1 Å². The van der Waals surface area contributed by atoms with Crippen LogP contribution in [0.4, 0.5) is 4.39 Å². The lowest BCUT2D eigenvalue weighted by molar-refractivity contribution is -0.0431. The predicted molar refractivity (Wildman–Crippen MR) is 102 cm³/mol. The van der Waals surface area contributed by atoms with Gasteiger partial charge in [-0.3, -0.25) is 0 Å². The van der Waals surface area contributed by atoms with E-state index in [-0.39, 0.29) is 5.56 Å². The first-order valence-corrected chi connectivity index (χ1v) is 8.92. The van der Waals surface area contributed by atoms with E-state index in [2.05, 4.69) is 10.1 Å². The number of halogens is 1. The number of hydrogen-bond acceptors (Lipinski definition) is 6. The molecule has 0 atom stereocenters. The number of hydrogen-bond donors (Lipinski definition) is 0. The quantitative estimate of drug-likeness (QED) is 0.373. The predicted octanol–water partition coefficient (Wildman–Crippen LogP) is 3.79. The zero-order valence-corrected chi connectivity index (χ0v) is 15.8. The molecule has 8 heteroatoms. The molecule has 148 valence electrons. The van der Waals surface area contributed by atoms with Gasteiger partial charge >= 0.3 is 5.97 Å². The van der Waals surface area contributed by atoms with Crippen LogP contribution >= 0.6 is 0 Å². The molecule has 0 radical (unpaired) electrons. The Hall–Kier alpha value is -3.68. The van der Waals surface area contributed by atoms with Crippen molar-refractivity contribution in [2.75, 3.05) is 0 Å². The third-order valence-electron chi connectivity index (χ3n) is 4.20. The molecule has 0 saturated carbocycles. The van der Waals surface area contributed by atoms with Crippen molar-refractivity contribution < 1.29 is 23.5 Å². The van der Waals surface area contributed by atoms with Gasteiger partial charge in [0.25, 0.3) is 0 Å². The van der Waals surface area contributed by atoms with Crippen LogP contribution in [-0.4, -0.2) is 27.0 Å². The van der Waals surface area contributed by atoms with E-state index in [1.54, 1.807) is 35.4 Å². The Balaban J connectivity index is 1.61. The molecule has 0 unspecified atom stereocenters. The highest BCUT2D eigenvalue weighted by molar-refractivity contribution is 6.01. The summed E-state index contributed by atoms with van der Waals surface area (Å²) < 4.78 is 26.3. The Morgan fingerprint density at radius 2 is 1.86 bits per heavy atom. The number of ether oxygens (including phenoxy) is 2. The maximum absolute atomic E-state index is 13.1. The van der Waals surface area contributed by atoms with Gasteiger partial charge in [0.15, 0.2) is 11.5 Å². The number of imidazole rings is 1. The van der Waals surface area contributed by atoms with Gasteiger partial charge in [-0.2, -0.15) is 0 Å². The van der Waals surface area contributed by atoms with Gasteiger partial charge in [-0.05, 0) is 42.5 Å². The Morgan fingerprint density at radius 1 is 1.14 bits per heavy atom. The van der Waals surface area contributed by atoms with E-state index in [9.17, 15) is 9.18 Å². The van der Waals surface area contributed by atoms with E-state index in [1.165, 1.54) is 24.3 Å². The molecule has 7 nitrogen and oxygen atoms in total. The van der Waals surface area contributed by atoms with Gasteiger partial charge in [0, 0.05) is 31.8 Å². The van der Waals surface area contributed by atoms with Crippen LogP contribution in [0, 0.1) is 5.82 Å². The maximum atomic E-state index is 13.1. The van der Waals surface area contributed by atoms with Gasteiger partial charge in [-0.1, -0.05) is 5.16 Å². The fourth-order valence-corrected chi connectivity index (χ4v) is 2.86. The minimum Gasteiger partial charge on any atom is -0.449 e. The van der Waals surface area contributed by atoms with Crippen LogP contribution in [0.2, 0.25) is 0 Å². The normalized spacial score (nSPS) is 14.7. The topological polar surface area (TPSA) is 74.9 Å². The molecule has 4 rings (SSSR count). The molecule has 1 aliphatic rings. The van der Waals surface area contributed by atoms with Crippen molar-refractivity contribution in [1.82, 2.24) is 9.55 Å². The highest BCUT2D eigenvalue weighted by Crippen LogP contribution is 2.39. The van der Waals surface area contributed by atoms with Gasteiger partial charge < -0.3 is 18.9 Å². The summed E-state index contributed by atoms with van der Waals surface area (Å²) in [5, 5.41) is 4.06. The van der Waals surface area contributed by atoms with Crippen molar-refractivity contribution in [2.24, 2.45) is 5.16 Å². The molecule has 0 saturated heterocycles. The molecule has 0 fully saturated rings. The highest BCUT2D eigenvalue weighted by Gasteiger charge is 2.32. The van der Waals surface area contributed by atoms with Crippen LogP contribution in [0.25, 0.3) is 0 Å². The number of nitrogens with zero attached hydrogens (tertiary/aromatic N) is 3. The lowest BCUT2D eigenvalue weighted by Gasteiger charge is -2.16. The lowest BCUT2D eigenvalue weighted by atomic mass is 10.1. The first-order chi connectivity index (χ1) is 13.9. The summed E-state index contributed by atoms with van der Waals surface area (Å²) in [5.74, 6) is -0.665. The van der Waals surface area contributed by atoms with E-state index >= 15 is 0 Å². The second kappa shape index (κ2) is 7.38. The monoisotopic (exact) mass is 395 g/mol. The van der Waals surface area contributed by atoms with Gasteiger partial charge in [-0.25, -0.2) is 14.2 Å². The molecule has 2 aromatic carbocycles. The number of benzene rings is 2. The van der Waals surface area contributed by atoms with Crippen LogP contribution in [-0.2, 0) is 11.4 Å². The summed E-state index contributed by atoms with van der Waals surface area (Å²) in [6.45, 7) is 3.95. The number of oxime groups is 1. The second-order valence-electron chi connectivity index (χ2n) is 6.92. The molecule has 1 aromatic heterocycles. The largest absolute Gasteiger partial charge is 0.449 e. The average Bonchev–Trinajstić information content (AvgIpc) is 3.30. The Kier molecular flexibility index (Phi) is 4.75. The fraction of sp³-hybridized carbons (Fsp3) is 0.190. The fourth-order valence-electron chi connectivity index (χ4n) is 2.86. The number of rotatable bonds is 5. The summed E-state index contributed by atoms with van der Waals surface area (Å²) in [7, 11) is 0. The van der Waals surface area contributed by atoms with E-state index in [0.29, 0.717) is 29.3 Å². The molecule has 2 heterocycles. The second-order valence-corrected chi connectivity index (χ2v) is 6.92. The Bertz CT molecular complexity index is 1060. The standard InChI is InChI=1S/C21H18FN3O4/c1-21(2)27-18-8-5-15(11-19(18)28-21)17(12-25-10-9-23-13-25)24-29-20(26)14-3-6-16(22)7-4-14/h3-11,13H,12H2,1-2H3/b24-17+. The van der Waals surface area contributed by atoms with Crippen LogP contribution in [0.15, 0.2) is 66.3 Å². The number of carbonyl (C=O) groups excluding carboxylic acids is 1. The molecule has 29 heavy (non-hydrogen) atoms. The molecular formula is C21H18FN3O4. The summed E-state index contributed by atoms with van der Waals surface area (Å²) in [5.41, 5.74) is 1.38. The van der Waals surface area contributed by atoms with E-state index in [0.717, 1.165) is 0 Å². The summed E-state index contributed by atoms with van der Waals surface area (Å²) in [6.07, 6.45) is 5.05. The Labute approximate surface area is 166 Å². The molecule has 0 bridgehead atoms. The third-order valence-corrected chi connectivity index (χ3v) is 4.20. The third kappa shape index (κ3) is 4.26. The van der Waals surface area contributed by atoms with Crippen molar-refractivity contribution in [3.8, 4) is 11.5 Å². The van der Waals surface area contributed by atoms with Gasteiger partial charge in [0.2, 0.25) is 5.79 Å². The molecule has 0 amide bonds. The minimum absolute atomic E-state index is 0.199. The lowest BCUT2D eigenvalue weighted by Crippen LogP contribution is -2.29. The molecule has 0 N–H and O–H groups in total. The number of carbonyl (C=O) groups is 1. The first-order valence-electron chi connectivity index (χ1n) is 8.92. The average molecular weight is 395 g/mol. The van der Waals surface area contributed by atoms with Gasteiger partial charge in [-0.15, -0.1) is 0 Å². The van der Waals surface area contributed by atoms with Gasteiger partial charge in [0.05, 0.1) is 18.4 Å². The van der Waals surface area contributed by atoms with Crippen LogP contribution in [0.1, 0.15) is 29.8 Å². The zero-order chi connectivity index (χ0) is 20.4. The zero-order valence-electron chi connectivity index (χ0n) is 15.8. The molecule has 0 spiro atoms. The molecule has 1 aliphatic heterocycles. The van der Waals surface area contributed by atoms with E-state index in [1.807, 2.05) is 19.9 Å². The Morgan fingerprint density at radius 3 is 2.59 bits per heavy atom. The van der Waals surface area contributed by atoms with Crippen molar-refractivity contribution in [3.63, 3.8) is 0 Å². The minimum atomic E-state index is -0.752. The summed E-state index contributed by atoms with van der Waals surface area (Å²) in [4.78, 5) is 21.4. The SMILES string of the molecule is CC1(C)Oc2ccc(/C(Cn3ccnc3)=N/OC(=O)c3ccc(F)cc3)cc2O1. The summed E-state index contributed by atoms with van der Waals surface area (Å²) >= 11 is 0. The van der Waals surface area contributed by atoms with Crippen molar-refractivity contribution >= 4 is 11.7 Å². The van der Waals surface area contributed by atoms with E-state index in [4.69, 9.17) is 14.3 Å². The van der Waals surface area contributed by atoms with Crippen LogP contribution in [0.3, 0.4) is 0 Å². The van der Waals surface area contributed by atoms with Crippen LogP contribution in [0.5, 0.6) is 11.5 Å². The molecule has 0 aliphatic carbocycles. The molecular weight excluding hydrogens is 377 g/mol. The number of aromatic nitrogens is 2. The smallest absolute Gasteiger partial charge is 0.365 e. The molecule has 3 aromatic rings. The number of fused-ring (bicyclic) bond motifs is 1. The highest BCUT2D eigenvalue weighted by atomic mass is 19.1. The van der Waals surface area contributed by atoms with E-state index < -0.39 is 17.6 Å². The first kappa shape index (κ1) is 18.7. The summed E-state index contributed by atoms with van der Waals surface area (Å²) in [6, 6.07) is 10.4. The van der Waals surface area contributed by atoms with Crippen molar-refractivity contribution in [2.45, 2.75) is 26.2 Å². The maximum Gasteiger partial charge on any atom is 0.365 e. The van der Waals surface area contributed by atoms with Gasteiger partial charge in [0.1, 0.15) is 11.5 Å². The van der Waals surface area contributed by atoms with Crippen molar-refractivity contribution in [1.29, 1.82) is 0 Å².